The molecular formula is C12H15N3OS. The molecule has 0 N–H and O–H groups in total. The number of nitrogens with zero attached hydrogens (tertiary/aromatic N) is 3. The van der Waals surface area contributed by atoms with Crippen molar-refractivity contribution in [1.29, 1.82) is 0 Å². The quantitative estimate of drug-likeness (QED) is 0.814. The predicted octanol–water partition coefficient (Wildman–Crippen LogP) is 2.11. The van der Waals surface area contributed by atoms with Gasteiger partial charge in [0.2, 0.25) is 0 Å². The summed E-state index contributed by atoms with van der Waals surface area (Å²) in [4.78, 5) is 14.5. The largest absolute Gasteiger partial charge is 0.341 e. The van der Waals surface area contributed by atoms with Crippen LogP contribution in [0.4, 0.5) is 0 Å². The van der Waals surface area contributed by atoms with Crippen LogP contribution in [0.15, 0.2) is 36.0 Å². The molecule has 0 fully saturated rings. The SMILES string of the molecule is CN(CCCn1cccn1)C(=O)c1cccs1. The minimum absolute atomic E-state index is 0.0977. The molecule has 0 atom stereocenters. The first-order valence-electron chi connectivity index (χ1n) is 5.54. The van der Waals surface area contributed by atoms with E-state index in [1.54, 1.807) is 11.1 Å². The van der Waals surface area contributed by atoms with Gasteiger partial charge in [-0.3, -0.25) is 9.48 Å². The normalized spacial score (nSPS) is 10.4. The lowest BCUT2D eigenvalue weighted by atomic mass is 10.3. The minimum Gasteiger partial charge on any atom is -0.341 e. The van der Waals surface area contributed by atoms with Crippen LogP contribution < -0.4 is 0 Å². The van der Waals surface area contributed by atoms with Crippen LogP contribution in [0.1, 0.15) is 16.1 Å². The molecule has 0 aromatic carbocycles. The Morgan fingerprint density at radius 2 is 2.41 bits per heavy atom. The zero-order valence-corrected chi connectivity index (χ0v) is 10.6. The highest BCUT2D eigenvalue weighted by molar-refractivity contribution is 7.12. The van der Waals surface area contributed by atoms with Gasteiger partial charge in [-0.15, -0.1) is 11.3 Å². The van der Waals surface area contributed by atoms with Crippen molar-refractivity contribution in [2.45, 2.75) is 13.0 Å². The molecule has 0 aliphatic heterocycles. The highest BCUT2D eigenvalue weighted by Gasteiger charge is 2.11. The fourth-order valence-electron chi connectivity index (χ4n) is 1.59. The second-order valence-corrected chi connectivity index (χ2v) is 4.77. The molecule has 17 heavy (non-hydrogen) atoms. The van der Waals surface area contributed by atoms with Crippen molar-refractivity contribution in [2.24, 2.45) is 0 Å². The first kappa shape index (κ1) is 11.9. The van der Waals surface area contributed by atoms with Crippen molar-refractivity contribution in [3.63, 3.8) is 0 Å². The van der Waals surface area contributed by atoms with E-state index >= 15 is 0 Å². The van der Waals surface area contributed by atoms with Crippen LogP contribution in [0.2, 0.25) is 0 Å². The summed E-state index contributed by atoms with van der Waals surface area (Å²) in [6.45, 7) is 1.59. The van der Waals surface area contributed by atoms with Crippen LogP contribution in [0.3, 0.4) is 0 Å². The molecule has 0 aliphatic carbocycles. The maximum atomic E-state index is 11.9. The second kappa shape index (κ2) is 5.63. The lowest BCUT2D eigenvalue weighted by Gasteiger charge is -2.15. The topological polar surface area (TPSA) is 38.1 Å². The lowest BCUT2D eigenvalue weighted by molar-refractivity contribution is 0.0796. The van der Waals surface area contributed by atoms with Crippen LogP contribution in [-0.4, -0.2) is 34.2 Å². The highest BCUT2D eigenvalue weighted by atomic mass is 32.1. The Bertz CT molecular complexity index is 450. The third-order valence-electron chi connectivity index (χ3n) is 2.52. The molecule has 0 unspecified atom stereocenters. The van der Waals surface area contributed by atoms with Gasteiger partial charge in [0.05, 0.1) is 4.88 Å². The van der Waals surface area contributed by atoms with Crippen molar-refractivity contribution < 1.29 is 4.79 Å². The number of rotatable bonds is 5. The Labute approximate surface area is 104 Å². The monoisotopic (exact) mass is 249 g/mol. The molecule has 0 radical (unpaired) electrons. The average Bonchev–Trinajstić information content (AvgIpc) is 3.00. The van der Waals surface area contributed by atoms with Gasteiger partial charge in [0, 0.05) is 32.5 Å². The van der Waals surface area contributed by atoms with E-state index in [2.05, 4.69) is 5.10 Å². The number of carbonyl (C=O) groups excluding carboxylic acids is 1. The standard InChI is InChI=1S/C12H15N3OS/c1-14(12(16)11-5-2-10-17-11)7-4-9-15-8-3-6-13-15/h2-3,5-6,8,10H,4,7,9H2,1H3. The van der Waals surface area contributed by atoms with Crippen molar-refractivity contribution >= 4 is 17.2 Å². The van der Waals surface area contributed by atoms with Gasteiger partial charge in [-0.05, 0) is 23.9 Å². The van der Waals surface area contributed by atoms with E-state index < -0.39 is 0 Å². The Kier molecular flexibility index (Phi) is 3.93. The number of aromatic nitrogens is 2. The Balaban J connectivity index is 1.77. The van der Waals surface area contributed by atoms with Crippen molar-refractivity contribution in [3.8, 4) is 0 Å². The van der Waals surface area contributed by atoms with Crippen molar-refractivity contribution in [1.82, 2.24) is 14.7 Å². The summed E-state index contributed by atoms with van der Waals surface area (Å²) in [6.07, 6.45) is 4.61. The van der Waals surface area contributed by atoms with Gasteiger partial charge in [0.25, 0.3) is 5.91 Å². The molecule has 90 valence electrons. The summed E-state index contributed by atoms with van der Waals surface area (Å²) in [6, 6.07) is 5.66. The number of hydrogen-bond donors (Lipinski definition) is 0. The molecule has 2 heterocycles. The van der Waals surface area contributed by atoms with Crippen LogP contribution in [0, 0.1) is 0 Å². The fourth-order valence-corrected chi connectivity index (χ4v) is 2.31. The maximum absolute atomic E-state index is 11.9. The van der Waals surface area contributed by atoms with Gasteiger partial charge in [-0.1, -0.05) is 6.07 Å². The maximum Gasteiger partial charge on any atom is 0.263 e. The van der Waals surface area contributed by atoms with Gasteiger partial charge in [-0.2, -0.15) is 5.10 Å². The van der Waals surface area contributed by atoms with Crippen LogP contribution in [-0.2, 0) is 6.54 Å². The Morgan fingerprint density at radius 3 is 3.06 bits per heavy atom. The number of amides is 1. The predicted molar refractivity (Wildman–Crippen MR) is 68.1 cm³/mol. The number of carbonyl (C=O) groups is 1. The number of aryl methyl sites for hydroxylation is 1. The zero-order valence-electron chi connectivity index (χ0n) is 9.74. The first-order chi connectivity index (χ1) is 8.27. The summed E-state index contributed by atoms with van der Waals surface area (Å²) in [5, 5.41) is 6.04. The summed E-state index contributed by atoms with van der Waals surface area (Å²) >= 11 is 1.48. The Morgan fingerprint density at radius 1 is 1.53 bits per heavy atom. The highest BCUT2D eigenvalue weighted by Crippen LogP contribution is 2.11. The van der Waals surface area contributed by atoms with Gasteiger partial charge in [-0.25, -0.2) is 0 Å². The molecular weight excluding hydrogens is 234 g/mol. The molecule has 5 heteroatoms. The molecule has 2 rings (SSSR count). The molecule has 0 bridgehead atoms. The van der Waals surface area contributed by atoms with Crippen molar-refractivity contribution in [2.75, 3.05) is 13.6 Å². The van der Waals surface area contributed by atoms with E-state index in [1.165, 1.54) is 11.3 Å². The smallest absolute Gasteiger partial charge is 0.263 e. The first-order valence-corrected chi connectivity index (χ1v) is 6.42. The Hall–Kier alpha value is -1.62. The van der Waals surface area contributed by atoms with Gasteiger partial charge in [0.1, 0.15) is 0 Å². The van der Waals surface area contributed by atoms with E-state index in [4.69, 9.17) is 0 Å². The van der Waals surface area contributed by atoms with Crippen LogP contribution >= 0.6 is 11.3 Å². The van der Waals surface area contributed by atoms with Crippen LogP contribution in [0.5, 0.6) is 0 Å². The van der Waals surface area contributed by atoms with Crippen LogP contribution in [0.25, 0.3) is 0 Å². The second-order valence-electron chi connectivity index (χ2n) is 3.83. The van der Waals surface area contributed by atoms with Gasteiger partial charge >= 0.3 is 0 Å². The summed E-state index contributed by atoms with van der Waals surface area (Å²) in [7, 11) is 1.84. The molecule has 0 spiro atoms. The molecule has 0 aliphatic rings. The fraction of sp³-hybridized carbons (Fsp3) is 0.333. The lowest BCUT2D eigenvalue weighted by Crippen LogP contribution is -2.27. The van der Waals surface area contributed by atoms with Gasteiger partial charge in [0.15, 0.2) is 0 Å². The van der Waals surface area contributed by atoms with E-state index in [0.717, 1.165) is 24.4 Å². The minimum atomic E-state index is 0.0977. The molecule has 1 amide bonds. The van der Waals surface area contributed by atoms with E-state index in [-0.39, 0.29) is 5.91 Å². The average molecular weight is 249 g/mol. The zero-order chi connectivity index (χ0) is 12.1. The molecule has 0 saturated carbocycles. The van der Waals surface area contributed by atoms with E-state index in [0.29, 0.717) is 0 Å². The molecule has 2 aromatic heterocycles. The molecule has 4 nitrogen and oxygen atoms in total. The summed E-state index contributed by atoms with van der Waals surface area (Å²) < 4.78 is 1.88. The van der Waals surface area contributed by atoms with Crippen molar-refractivity contribution in [3.05, 3.63) is 40.8 Å². The molecule has 2 aromatic rings. The van der Waals surface area contributed by atoms with E-state index in [1.807, 2.05) is 41.5 Å². The van der Waals surface area contributed by atoms with Gasteiger partial charge < -0.3 is 4.90 Å². The number of hydrogen-bond acceptors (Lipinski definition) is 3. The molecule has 0 saturated heterocycles. The van der Waals surface area contributed by atoms with E-state index in [9.17, 15) is 4.79 Å². The summed E-state index contributed by atoms with van der Waals surface area (Å²) in [5.74, 6) is 0.0977. The number of thiophene rings is 1. The third kappa shape index (κ3) is 3.17. The third-order valence-corrected chi connectivity index (χ3v) is 3.38. The summed E-state index contributed by atoms with van der Waals surface area (Å²) in [5.41, 5.74) is 0.